The van der Waals surface area contributed by atoms with Crippen LogP contribution in [0.4, 0.5) is 0 Å². The van der Waals surface area contributed by atoms with Crippen molar-refractivity contribution in [3.8, 4) is 0 Å². The number of nitrogens with zero attached hydrogens (tertiary/aromatic N) is 2. The molecule has 2 rings (SSSR count). The van der Waals surface area contributed by atoms with Gasteiger partial charge in [-0.25, -0.2) is 4.79 Å². The molecule has 4 nitrogen and oxygen atoms in total. The van der Waals surface area contributed by atoms with Gasteiger partial charge in [0.2, 0.25) is 0 Å². The summed E-state index contributed by atoms with van der Waals surface area (Å²) in [7, 11) is 0. The molecule has 0 aromatic carbocycles. The Hall–Kier alpha value is -0.680. The highest BCUT2D eigenvalue weighted by atomic mass is 79.9. The van der Waals surface area contributed by atoms with Gasteiger partial charge in [-0.3, -0.25) is 4.57 Å². The van der Waals surface area contributed by atoms with E-state index in [1.807, 2.05) is 13.8 Å². The zero-order valence-corrected chi connectivity index (χ0v) is 14.0. The Bertz CT molecular complexity index is 505. The van der Waals surface area contributed by atoms with Gasteiger partial charge in [0.15, 0.2) is 0 Å². The summed E-state index contributed by atoms with van der Waals surface area (Å²) in [5, 5.41) is 3.60. The number of rotatable bonds is 4. The van der Waals surface area contributed by atoms with E-state index in [4.69, 9.17) is 0 Å². The molecule has 1 N–H and O–H groups in total. The molecule has 0 bridgehead atoms. The fourth-order valence-electron chi connectivity index (χ4n) is 2.90. The van der Waals surface area contributed by atoms with E-state index in [-0.39, 0.29) is 5.69 Å². The van der Waals surface area contributed by atoms with E-state index in [0.717, 1.165) is 22.4 Å². The second-order valence-corrected chi connectivity index (χ2v) is 6.47. The van der Waals surface area contributed by atoms with Crippen LogP contribution in [0, 0.1) is 13.8 Å². The Morgan fingerprint density at radius 3 is 2.55 bits per heavy atom. The van der Waals surface area contributed by atoms with Gasteiger partial charge in [-0.05, 0) is 42.6 Å². The van der Waals surface area contributed by atoms with Crippen molar-refractivity contribution >= 4 is 15.9 Å². The van der Waals surface area contributed by atoms with Crippen LogP contribution < -0.4 is 11.0 Å². The lowest BCUT2D eigenvalue weighted by Crippen LogP contribution is -2.35. The fraction of sp³-hybridized carbons (Fsp3) is 0.733. The smallest absolute Gasteiger partial charge is 0.312 e. The average Bonchev–Trinajstić information content (AvgIpc) is 2.69. The minimum Gasteiger partial charge on any atom is -0.312 e. The van der Waals surface area contributed by atoms with Crippen LogP contribution in [-0.4, -0.2) is 22.1 Å². The summed E-state index contributed by atoms with van der Waals surface area (Å²) in [5.41, 5.74) is 1.58. The van der Waals surface area contributed by atoms with Crippen molar-refractivity contribution in [2.24, 2.45) is 0 Å². The van der Waals surface area contributed by atoms with Crippen molar-refractivity contribution in [1.82, 2.24) is 14.9 Å². The van der Waals surface area contributed by atoms with Crippen molar-refractivity contribution in [3.05, 3.63) is 26.3 Å². The minimum absolute atomic E-state index is 0.147. The van der Waals surface area contributed by atoms with Crippen molar-refractivity contribution in [1.29, 1.82) is 0 Å². The summed E-state index contributed by atoms with van der Waals surface area (Å²) >= 11 is 3.50. The van der Waals surface area contributed by atoms with Gasteiger partial charge < -0.3 is 5.32 Å². The Morgan fingerprint density at radius 2 is 1.90 bits per heavy atom. The number of aromatic nitrogens is 2. The molecule has 1 aromatic heterocycles. The van der Waals surface area contributed by atoms with Gasteiger partial charge in [0.25, 0.3) is 0 Å². The molecule has 1 heterocycles. The quantitative estimate of drug-likeness (QED) is 0.856. The molecular weight excluding hydrogens is 318 g/mol. The maximum atomic E-state index is 12.0. The van der Waals surface area contributed by atoms with Gasteiger partial charge in [-0.15, -0.1) is 0 Å². The molecule has 1 aromatic rings. The second kappa shape index (κ2) is 7.36. The van der Waals surface area contributed by atoms with Crippen LogP contribution in [-0.2, 0) is 6.54 Å². The molecule has 5 heteroatoms. The van der Waals surface area contributed by atoms with Crippen LogP contribution >= 0.6 is 15.9 Å². The van der Waals surface area contributed by atoms with E-state index in [0.29, 0.717) is 12.6 Å². The van der Waals surface area contributed by atoms with Gasteiger partial charge >= 0.3 is 5.69 Å². The van der Waals surface area contributed by atoms with Crippen molar-refractivity contribution in [2.75, 3.05) is 6.54 Å². The molecule has 1 saturated carbocycles. The third-order valence-electron chi connectivity index (χ3n) is 4.16. The summed E-state index contributed by atoms with van der Waals surface area (Å²) in [5.74, 6) is 0. The first-order valence-corrected chi connectivity index (χ1v) is 8.36. The predicted octanol–water partition coefficient (Wildman–Crippen LogP) is 2.94. The van der Waals surface area contributed by atoms with E-state index in [1.165, 1.54) is 38.5 Å². The van der Waals surface area contributed by atoms with Crippen molar-refractivity contribution in [2.45, 2.75) is 65.0 Å². The Labute approximate surface area is 129 Å². The predicted molar refractivity (Wildman–Crippen MR) is 85.2 cm³/mol. The van der Waals surface area contributed by atoms with Gasteiger partial charge in [0.05, 0.1) is 10.2 Å². The molecule has 1 aliphatic carbocycles. The summed E-state index contributed by atoms with van der Waals surface area (Å²) < 4.78 is 2.69. The van der Waals surface area contributed by atoms with Crippen molar-refractivity contribution < 1.29 is 0 Å². The Balaban J connectivity index is 1.94. The molecule has 1 aliphatic rings. The third kappa shape index (κ3) is 3.92. The summed E-state index contributed by atoms with van der Waals surface area (Å²) in [6.07, 6.45) is 7.92. The highest BCUT2D eigenvalue weighted by Gasteiger charge is 2.12. The van der Waals surface area contributed by atoms with E-state index in [9.17, 15) is 4.79 Å². The average molecular weight is 342 g/mol. The second-order valence-electron chi connectivity index (χ2n) is 5.67. The molecule has 0 radical (unpaired) electrons. The summed E-state index contributed by atoms with van der Waals surface area (Å²) in [6.45, 7) is 5.34. The maximum Gasteiger partial charge on any atom is 0.348 e. The number of hydrogen-bond acceptors (Lipinski definition) is 3. The summed E-state index contributed by atoms with van der Waals surface area (Å²) in [6, 6.07) is 0.621. The van der Waals surface area contributed by atoms with E-state index in [2.05, 4.69) is 26.2 Å². The van der Waals surface area contributed by atoms with E-state index in [1.54, 1.807) is 4.57 Å². The molecule has 0 spiro atoms. The Kier molecular flexibility index (Phi) is 5.78. The van der Waals surface area contributed by atoms with Crippen LogP contribution in [0.5, 0.6) is 0 Å². The SMILES string of the molecule is Cc1nc(=O)n(CCNC2CCCCCC2)c(C)c1Br. The first-order chi connectivity index (χ1) is 9.59. The lowest BCUT2D eigenvalue weighted by molar-refractivity contribution is 0.439. The van der Waals surface area contributed by atoms with Crippen LogP contribution in [0.2, 0.25) is 0 Å². The monoisotopic (exact) mass is 341 g/mol. The van der Waals surface area contributed by atoms with Crippen molar-refractivity contribution in [3.63, 3.8) is 0 Å². The highest BCUT2D eigenvalue weighted by Crippen LogP contribution is 2.18. The van der Waals surface area contributed by atoms with Crippen LogP contribution in [0.3, 0.4) is 0 Å². The van der Waals surface area contributed by atoms with Gasteiger partial charge in [0, 0.05) is 24.8 Å². The zero-order chi connectivity index (χ0) is 14.5. The highest BCUT2D eigenvalue weighted by molar-refractivity contribution is 9.10. The molecule has 0 amide bonds. The first-order valence-electron chi connectivity index (χ1n) is 7.56. The largest absolute Gasteiger partial charge is 0.348 e. The third-order valence-corrected chi connectivity index (χ3v) is 5.31. The lowest BCUT2D eigenvalue weighted by atomic mass is 10.1. The van der Waals surface area contributed by atoms with Crippen LogP contribution in [0.1, 0.15) is 49.9 Å². The van der Waals surface area contributed by atoms with E-state index >= 15 is 0 Å². The van der Waals surface area contributed by atoms with Gasteiger partial charge in [0.1, 0.15) is 0 Å². The Morgan fingerprint density at radius 1 is 1.25 bits per heavy atom. The van der Waals surface area contributed by atoms with Crippen LogP contribution in [0.15, 0.2) is 9.27 Å². The molecule has 20 heavy (non-hydrogen) atoms. The molecule has 112 valence electrons. The number of aryl methyl sites for hydroxylation is 1. The molecular formula is C15H24BrN3O. The lowest BCUT2D eigenvalue weighted by Gasteiger charge is -2.18. The molecule has 0 atom stereocenters. The number of hydrogen-bond donors (Lipinski definition) is 1. The fourth-order valence-corrected chi connectivity index (χ4v) is 3.21. The topological polar surface area (TPSA) is 46.9 Å². The molecule has 0 saturated heterocycles. The number of halogens is 1. The molecule has 0 unspecified atom stereocenters. The summed E-state index contributed by atoms with van der Waals surface area (Å²) in [4.78, 5) is 16.0. The van der Waals surface area contributed by atoms with Gasteiger partial charge in [-0.2, -0.15) is 4.98 Å². The molecule has 0 aliphatic heterocycles. The number of nitrogens with one attached hydrogen (secondary N) is 1. The normalized spacial score (nSPS) is 17.1. The zero-order valence-electron chi connectivity index (χ0n) is 12.4. The van der Waals surface area contributed by atoms with Gasteiger partial charge in [-0.1, -0.05) is 25.7 Å². The standard InChI is InChI=1S/C15H24BrN3O/c1-11-14(16)12(2)19(15(20)18-11)10-9-17-13-7-5-3-4-6-8-13/h13,17H,3-10H2,1-2H3. The first kappa shape index (κ1) is 15.7. The molecule has 1 fully saturated rings. The maximum absolute atomic E-state index is 12.0. The van der Waals surface area contributed by atoms with E-state index < -0.39 is 0 Å². The van der Waals surface area contributed by atoms with Crippen LogP contribution in [0.25, 0.3) is 0 Å². The minimum atomic E-state index is -0.147.